The molecule has 3 aliphatic rings. The summed E-state index contributed by atoms with van der Waals surface area (Å²) in [5, 5.41) is 0. The van der Waals surface area contributed by atoms with E-state index in [0.717, 1.165) is 39.7 Å². The molecule has 2 heterocycles. The predicted molar refractivity (Wildman–Crippen MR) is 72.2 cm³/mol. The van der Waals surface area contributed by atoms with Crippen LogP contribution in [0, 0.1) is 0 Å². The zero-order chi connectivity index (χ0) is 15.2. The Bertz CT molecular complexity index is 618. The molecular formula is C15H12N2O4. The molecule has 0 N–H and O–H groups in total. The number of rotatable bonds is 2. The normalized spacial score (nSPS) is 23.6. The van der Waals surface area contributed by atoms with Gasteiger partial charge in [-0.2, -0.15) is 0 Å². The third-order valence-corrected chi connectivity index (χ3v) is 3.73. The average molecular weight is 284 g/mol. The van der Waals surface area contributed by atoms with Crippen molar-refractivity contribution in [1.82, 2.24) is 9.80 Å². The topological polar surface area (TPSA) is 74.8 Å². The molecule has 0 aromatic heterocycles. The van der Waals surface area contributed by atoms with Gasteiger partial charge < -0.3 is 0 Å². The molecule has 0 aromatic rings. The number of hydrogen-bond donors (Lipinski definition) is 0. The standard InChI is InChI=1S/C15H12N2O4/c1-10-6-8-15(9-7-10,16-11(18)2-3-12(16)19)17-13(20)4-5-14(17)21/h2-8H,9H2,1H3. The molecule has 3 rings (SSSR count). The lowest BCUT2D eigenvalue weighted by Crippen LogP contribution is -2.63. The van der Waals surface area contributed by atoms with E-state index in [-0.39, 0.29) is 6.42 Å². The van der Waals surface area contributed by atoms with Crippen LogP contribution in [0.2, 0.25) is 0 Å². The molecule has 0 spiro atoms. The fourth-order valence-electron chi connectivity index (χ4n) is 2.71. The number of amides is 4. The zero-order valence-corrected chi connectivity index (χ0v) is 11.3. The third kappa shape index (κ3) is 1.79. The van der Waals surface area contributed by atoms with Crippen molar-refractivity contribution in [2.45, 2.75) is 19.0 Å². The molecule has 1 aliphatic carbocycles. The molecule has 0 aromatic carbocycles. The summed E-state index contributed by atoms with van der Waals surface area (Å²) in [6.07, 6.45) is 9.80. The minimum Gasteiger partial charge on any atom is -0.269 e. The number of carbonyl (C=O) groups is 4. The van der Waals surface area contributed by atoms with E-state index in [1.807, 2.05) is 6.92 Å². The Labute approximate surface area is 120 Å². The Morgan fingerprint density at radius 1 is 0.810 bits per heavy atom. The number of carbonyl (C=O) groups excluding carboxylic acids is 4. The summed E-state index contributed by atoms with van der Waals surface area (Å²) in [6.45, 7) is 1.86. The van der Waals surface area contributed by atoms with Crippen LogP contribution in [0.15, 0.2) is 48.1 Å². The minimum absolute atomic E-state index is 0.188. The molecule has 106 valence electrons. The first-order valence-electron chi connectivity index (χ1n) is 6.44. The zero-order valence-electron chi connectivity index (χ0n) is 11.3. The van der Waals surface area contributed by atoms with Gasteiger partial charge in [0.1, 0.15) is 0 Å². The summed E-state index contributed by atoms with van der Waals surface area (Å²) in [5.74, 6) is -2.15. The van der Waals surface area contributed by atoms with Gasteiger partial charge in [0.15, 0.2) is 5.66 Å². The molecule has 4 amide bonds. The maximum absolute atomic E-state index is 12.0. The second-order valence-electron chi connectivity index (χ2n) is 5.05. The highest BCUT2D eigenvalue weighted by molar-refractivity contribution is 6.17. The van der Waals surface area contributed by atoms with Crippen LogP contribution >= 0.6 is 0 Å². The summed E-state index contributed by atoms with van der Waals surface area (Å²) < 4.78 is 0. The average Bonchev–Trinajstić information content (AvgIpc) is 2.96. The molecular weight excluding hydrogens is 272 g/mol. The summed E-state index contributed by atoms with van der Waals surface area (Å²) in [4.78, 5) is 50.0. The van der Waals surface area contributed by atoms with Crippen LogP contribution in [0.5, 0.6) is 0 Å². The maximum atomic E-state index is 12.0. The smallest absolute Gasteiger partial charge is 0.255 e. The van der Waals surface area contributed by atoms with Crippen molar-refractivity contribution >= 4 is 23.6 Å². The summed E-state index contributed by atoms with van der Waals surface area (Å²) in [5.41, 5.74) is -0.473. The fourth-order valence-corrected chi connectivity index (χ4v) is 2.71. The first kappa shape index (κ1) is 13.2. The molecule has 0 unspecified atom stereocenters. The van der Waals surface area contributed by atoms with Crippen molar-refractivity contribution in [1.29, 1.82) is 0 Å². The van der Waals surface area contributed by atoms with E-state index < -0.39 is 29.3 Å². The van der Waals surface area contributed by atoms with Gasteiger partial charge in [-0.15, -0.1) is 0 Å². The number of hydrogen-bond acceptors (Lipinski definition) is 4. The molecule has 6 nitrogen and oxygen atoms in total. The van der Waals surface area contributed by atoms with Gasteiger partial charge in [0.2, 0.25) is 0 Å². The Morgan fingerprint density at radius 3 is 1.57 bits per heavy atom. The number of imide groups is 2. The van der Waals surface area contributed by atoms with E-state index >= 15 is 0 Å². The molecule has 2 aliphatic heterocycles. The van der Waals surface area contributed by atoms with Crippen LogP contribution in [-0.4, -0.2) is 39.1 Å². The third-order valence-electron chi connectivity index (χ3n) is 3.73. The van der Waals surface area contributed by atoms with E-state index in [1.165, 1.54) is 0 Å². The SMILES string of the molecule is CC1=CCC(N2C(=O)C=CC2=O)(N2C(=O)C=CC2=O)C=C1. The molecule has 0 radical (unpaired) electrons. The van der Waals surface area contributed by atoms with Crippen molar-refractivity contribution in [3.05, 3.63) is 48.1 Å². The van der Waals surface area contributed by atoms with Gasteiger partial charge in [-0.1, -0.05) is 17.7 Å². The monoisotopic (exact) mass is 284 g/mol. The summed E-state index contributed by atoms with van der Waals surface area (Å²) >= 11 is 0. The molecule has 0 bridgehead atoms. The lowest BCUT2D eigenvalue weighted by Gasteiger charge is -2.44. The Balaban J connectivity index is 2.11. The molecule has 0 fully saturated rings. The van der Waals surface area contributed by atoms with Crippen LogP contribution in [0.3, 0.4) is 0 Å². The lowest BCUT2D eigenvalue weighted by molar-refractivity contribution is -0.158. The maximum Gasteiger partial charge on any atom is 0.255 e. The molecule has 0 atom stereocenters. The summed E-state index contributed by atoms with van der Waals surface area (Å²) in [7, 11) is 0. The number of allylic oxidation sites excluding steroid dienone is 2. The van der Waals surface area contributed by atoms with Gasteiger partial charge in [0, 0.05) is 30.7 Å². The van der Waals surface area contributed by atoms with Gasteiger partial charge in [0.25, 0.3) is 23.6 Å². The van der Waals surface area contributed by atoms with E-state index in [1.54, 1.807) is 18.2 Å². The van der Waals surface area contributed by atoms with E-state index in [9.17, 15) is 19.2 Å². The molecule has 0 saturated heterocycles. The van der Waals surface area contributed by atoms with Crippen LogP contribution in [-0.2, 0) is 19.2 Å². The Morgan fingerprint density at radius 2 is 1.24 bits per heavy atom. The molecule has 0 saturated carbocycles. The molecule has 21 heavy (non-hydrogen) atoms. The second-order valence-corrected chi connectivity index (χ2v) is 5.05. The highest BCUT2D eigenvalue weighted by Gasteiger charge is 2.51. The van der Waals surface area contributed by atoms with Crippen LogP contribution in [0.4, 0.5) is 0 Å². The summed E-state index contributed by atoms with van der Waals surface area (Å²) in [6, 6.07) is 0. The van der Waals surface area contributed by atoms with Gasteiger partial charge >= 0.3 is 0 Å². The second kappa shape index (κ2) is 4.37. The van der Waals surface area contributed by atoms with Gasteiger partial charge in [0.05, 0.1) is 0 Å². The first-order chi connectivity index (χ1) is 9.95. The first-order valence-corrected chi connectivity index (χ1v) is 6.44. The van der Waals surface area contributed by atoms with E-state index in [0.29, 0.717) is 0 Å². The highest BCUT2D eigenvalue weighted by atomic mass is 16.2. The van der Waals surface area contributed by atoms with Crippen LogP contribution in [0.25, 0.3) is 0 Å². The number of nitrogens with zero attached hydrogens (tertiary/aromatic N) is 2. The van der Waals surface area contributed by atoms with Crippen molar-refractivity contribution in [2.75, 3.05) is 0 Å². The lowest BCUT2D eigenvalue weighted by atomic mass is 9.93. The van der Waals surface area contributed by atoms with Crippen molar-refractivity contribution in [3.63, 3.8) is 0 Å². The van der Waals surface area contributed by atoms with Gasteiger partial charge in [-0.3, -0.25) is 19.2 Å². The Kier molecular flexibility index (Phi) is 2.76. The van der Waals surface area contributed by atoms with Gasteiger partial charge in [-0.05, 0) is 13.0 Å². The molecule has 6 heteroatoms. The van der Waals surface area contributed by atoms with Gasteiger partial charge in [-0.25, -0.2) is 9.80 Å². The van der Waals surface area contributed by atoms with Crippen molar-refractivity contribution in [2.24, 2.45) is 0 Å². The van der Waals surface area contributed by atoms with E-state index in [4.69, 9.17) is 0 Å². The van der Waals surface area contributed by atoms with Crippen molar-refractivity contribution in [3.8, 4) is 0 Å². The quantitative estimate of drug-likeness (QED) is 0.690. The van der Waals surface area contributed by atoms with Crippen molar-refractivity contribution < 1.29 is 19.2 Å². The van der Waals surface area contributed by atoms with Crippen LogP contribution in [0.1, 0.15) is 13.3 Å². The van der Waals surface area contributed by atoms with E-state index in [2.05, 4.69) is 0 Å². The highest BCUT2D eigenvalue weighted by Crippen LogP contribution is 2.35. The Hall–Kier alpha value is -2.76. The fraction of sp³-hybridized carbons (Fsp3) is 0.200. The predicted octanol–water partition coefficient (Wildman–Crippen LogP) is 0.439. The largest absolute Gasteiger partial charge is 0.269 e. The minimum atomic E-state index is -1.41. The van der Waals surface area contributed by atoms with Crippen LogP contribution < -0.4 is 0 Å².